The molecule has 0 aliphatic rings. The van der Waals surface area contributed by atoms with E-state index in [1.807, 2.05) is 77.7 Å². The number of amides is 1. The van der Waals surface area contributed by atoms with Gasteiger partial charge in [0.1, 0.15) is 0 Å². The van der Waals surface area contributed by atoms with Crippen molar-refractivity contribution < 1.29 is 4.79 Å². The van der Waals surface area contributed by atoms with Gasteiger partial charge in [0.25, 0.3) is 0 Å². The van der Waals surface area contributed by atoms with Crippen LogP contribution in [0.1, 0.15) is 12.5 Å². The predicted octanol–water partition coefficient (Wildman–Crippen LogP) is 4.55. The molecule has 0 radical (unpaired) electrons. The monoisotopic (exact) mass is 390 g/mol. The molecule has 3 aromatic rings. The van der Waals surface area contributed by atoms with Crippen LogP contribution in [0, 0.1) is 0 Å². The molecule has 0 aromatic heterocycles. The van der Waals surface area contributed by atoms with Gasteiger partial charge in [-0.1, -0.05) is 48.5 Å². The minimum atomic E-state index is -0.150. The van der Waals surface area contributed by atoms with E-state index in [0.717, 1.165) is 22.6 Å². The molecule has 0 unspecified atom stereocenters. The molecule has 0 aliphatic heterocycles. The highest BCUT2D eigenvalue weighted by Crippen LogP contribution is 2.21. The molecule has 1 amide bonds. The average Bonchev–Trinajstić information content (AvgIpc) is 2.72. The number of hydrogen-bond donors (Lipinski definition) is 3. The highest BCUT2D eigenvalue weighted by Gasteiger charge is 2.13. The van der Waals surface area contributed by atoms with Gasteiger partial charge in [0, 0.05) is 18.3 Å². The molecular weight excluding hydrogens is 368 g/mol. The summed E-state index contributed by atoms with van der Waals surface area (Å²) in [6.07, 6.45) is 0. The van der Waals surface area contributed by atoms with Crippen LogP contribution in [0.2, 0.25) is 0 Å². The number of rotatable bonds is 6. The van der Waals surface area contributed by atoms with E-state index in [1.165, 1.54) is 6.92 Å². The zero-order chi connectivity index (χ0) is 19.8. The van der Waals surface area contributed by atoms with Crippen molar-refractivity contribution in [1.82, 2.24) is 5.43 Å². The first-order valence-corrected chi connectivity index (χ1v) is 9.33. The van der Waals surface area contributed by atoms with Crippen molar-refractivity contribution in [3.63, 3.8) is 0 Å². The molecule has 0 bridgehead atoms. The number of carbonyl (C=O) groups is 1. The van der Waals surface area contributed by atoms with Gasteiger partial charge in [-0.05, 0) is 54.2 Å². The van der Waals surface area contributed by atoms with E-state index in [2.05, 4.69) is 28.3 Å². The molecule has 3 N–H and O–H groups in total. The van der Waals surface area contributed by atoms with Crippen molar-refractivity contribution in [3.8, 4) is 0 Å². The van der Waals surface area contributed by atoms with E-state index in [-0.39, 0.29) is 5.91 Å². The summed E-state index contributed by atoms with van der Waals surface area (Å²) in [4.78, 5) is 13.1. The van der Waals surface area contributed by atoms with E-state index < -0.39 is 0 Å². The summed E-state index contributed by atoms with van der Waals surface area (Å²) in [6.45, 7) is 2.09. The largest absolute Gasteiger partial charge is 0.332 e. The lowest BCUT2D eigenvalue weighted by Gasteiger charge is -2.26. The van der Waals surface area contributed by atoms with Crippen LogP contribution < -0.4 is 21.1 Å². The van der Waals surface area contributed by atoms with E-state index in [4.69, 9.17) is 12.2 Å². The van der Waals surface area contributed by atoms with Crippen LogP contribution >= 0.6 is 12.2 Å². The van der Waals surface area contributed by atoms with Gasteiger partial charge in [-0.25, -0.2) is 0 Å². The standard InChI is InChI=1S/C22H22N4OS/c1-17(27)24-25-20-12-14-21(15-13-20)26(16-18-8-4-2-5-9-18)22(28)23-19-10-6-3-7-11-19/h2-15,25H,16H2,1H3,(H,23,28)(H,24,27). The van der Waals surface area contributed by atoms with Crippen LogP contribution in [0.15, 0.2) is 84.9 Å². The molecule has 0 saturated carbocycles. The lowest BCUT2D eigenvalue weighted by molar-refractivity contribution is -0.118. The van der Waals surface area contributed by atoms with Crippen molar-refractivity contribution in [2.45, 2.75) is 13.5 Å². The van der Waals surface area contributed by atoms with Crippen LogP contribution in [0.5, 0.6) is 0 Å². The lowest BCUT2D eigenvalue weighted by Crippen LogP contribution is -2.34. The Morgan fingerprint density at radius 1 is 0.857 bits per heavy atom. The Balaban J connectivity index is 1.81. The third-order valence-electron chi connectivity index (χ3n) is 4.02. The number of para-hydroxylation sites is 1. The van der Waals surface area contributed by atoms with E-state index in [1.54, 1.807) is 0 Å². The van der Waals surface area contributed by atoms with Crippen molar-refractivity contribution in [3.05, 3.63) is 90.5 Å². The fraction of sp³-hybridized carbons (Fsp3) is 0.0909. The topological polar surface area (TPSA) is 56.4 Å². The number of nitrogens with one attached hydrogen (secondary N) is 3. The summed E-state index contributed by atoms with van der Waals surface area (Å²) in [7, 11) is 0. The van der Waals surface area contributed by atoms with Gasteiger partial charge >= 0.3 is 0 Å². The maximum atomic E-state index is 11.1. The zero-order valence-corrected chi connectivity index (χ0v) is 16.4. The van der Waals surface area contributed by atoms with E-state index in [9.17, 15) is 4.79 Å². The minimum Gasteiger partial charge on any atom is -0.332 e. The maximum Gasteiger partial charge on any atom is 0.235 e. The minimum absolute atomic E-state index is 0.150. The quantitative estimate of drug-likeness (QED) is 0.426. The van der Waals surface area contributed by atoms with Crippen LogP contribution in [-0.4, -0.2) is 11.0 Å². The molecule has 28 heavy (non-hydrogen) atoms. The lowest BCUT2D eigenvalue weighted by atomic mass is 10.2. The van der Waals surface area contributed by atoms with Crippen LogP contribution in [0.4, 0.5) is 17.1 Å². The number of anilines is 3. The fourth-order valence-electron chi connectivity index (χ4n) is 2.64. The molecule has 0 atom stereocenters. The van der Waals surface area contributed by atoms with Gasteiger partial charge in [0.2, 0.25) is 5.91 Å². The zero-order valence-electron chi connectivity index (χ0n) is 15.6. The second-order valence-electron chi connectivity index (χ2n) is 6.22. The SMILES string of the molecule is CC(=O)NNc1ccc(N(Cc2ccccc2)C(=S)Nc2ccccc2)cc1. The van der Waals surface area contributed by atoms with Gasteiger partial charge in [0.15, 0.2) is 5.11 Å². The third kappa shape index (κ3) is 5.56. The normalized spacial score (nSPS) is 10.0. The van der Waals surface area contributed by atoms with Crippen LogP contribution in [0.25, 0.3) is 0 Å². The third-order valence-corrected chi connectivity index (χ3v) is 4.34. The number of thiocarbonyl (C=S) groups is 1. The number of hydrazine groups is 1. The average molecular weight is 391 g/mol. The van der Waals surface area contributed by atoms with Crippen molar-refractivity contribution >= 4 is 40.3 Å². The second-order valence-corrected chi connectivity index (χ2v) is 6.61. The van der Waals surface area contributed by atoms with Gasteiger partial charge in [0.05, 0.1) is 12.2 Å². The Morgan fingerprint density at radius 2 is 1.46 bits per heavy atom. The molecule has 5 nitrogen and oxygen atoms in total. The number of hydrogen-bond acceptors (Lipinski definition) is 3. The van der Waals surface area contributed by atoms with Gasteiger partial charge < -0.3 is 10.2 Å². The van der Waals surface area contributed by atoms with Crippen molar-refractivity contribution in [1.29, 1.82) is 0 Å². The summed E-state index contributed by atoms with van der Waals surface area (Å²) in [6, 6.07) is 27.8. The fourth-order valence-corrected chi connectivity index (χ4v) is 2.93. The summed E-state index contributed by atoms with van der Waals surface area (Å²) >= 11 is 5.70. The Hall–Kier alpha value is -3.38. The highest BCUT2D eigenvalue weighted by atomic mass is 32.1. The molecule has 142 valence electrons. The van der Waals surface area contributed by atoms with Gasteiger partial charge in [-0.15, -0.1) is 0 Å². The number of carbonyl (C=O) groups excluding carboxylic acids is 1. The summed E-state index contributed by atoms with van der Waals surface area (Å²) in [5.74, 6) is -0.150. The van der Waals surface area contributed by atoms with Crippen LogP contribution in [0.3, 0.4) is 0 Å². The summed E-state index contributed by atoms with van der Waals surface area (Å²) in [5, 5.41) is 3.91. The number of nitrogens with zero attached hydrogens (tertiary/aromatic N) is 1. The Morgan fingerprint density at radius 3 is 2.07 bits per heavy atom. The Kier molecular flexibility index (Phi) is 6.59. The first kappa shape index (κ1) is 19.4. The molecule has 6 heteroatoms. The first-order chi connectivity index (χ1) is 13.6. The molecule has 0 saturated heterocycles. The summed E-state index contributed by atoms with van der Waals surface area (Å²) in [5.41, 5.74) is 9.26. The van der Waals surface area contributed by atoms with Crippen molar-refractivity contribution in [2.24, 2.45) is 0 Å². The highest BCUT2D eigenvalue weighted by molar-refractivity contribution is 7.80. The molecule has 0 heterocycles. The summed E-state index contributed by atoms with van der Waals surface area (Å²) < 4.78 is 0. The molecule has 0 aliphatic carbocycles. The first-order valence-electron chi connectivity index (χ1n) is 8.92. The van der Waals surface area contributed by atoms with E-state index in [0.29, 0.717) is 11.7 Å². The van der Waals surface area contributed by atoms with Gasteiger partial charge in [-0.3, -0.25) is 15.6 Å². The van der Waals surface area contributed by atoms with Crippen LogP contribution in [-0.2, 0) is 11.3 Å². The molecule has 3 aromatic carbocycles. The predicted molar refractivity (Wildman–Crippen MR) is 119 cm³/mol. The number of benzene rings is 3. The Labute approximate surface area is 170 Å². The van der Waals surface area contributed by atoms with Gasteiger partial charge in [-0.2, -0.15) is 0 Å². The second kappa shape index (κ2) is 9.53. The molecular formula is C22H22N4OS. The molecule has 0 spiro atoms. The smallest absolute Gasteiger partial charge is 0.235 e. The molecule has 3 rings (SSSR count). The Bertz CT molecular complexity index is 914. The molecule has 0 fully saturated rings. The van der Waals surface area contributed by atoms with Crippen molar-refractivity contribution in [2.75, 3.05) is 15.6 Å². The van der Waals surface area contributed by atoms with E-state index >= 15 is 0 Å². The maximum absolute atomic E-state index is 11.1.